The van der Waals surface area contributed by atoms with Gasteiger partial charge in [-0.25, -0.2) is 10.8 Å². The van der Waals surface area contributed by atoms with Crippen molar-refractivity contribution >= 4 is 22.7 Å². The summed E-state index contributed by atoms with van der Waals surface area (Å²) in [6, 6.07) is 8.82. The highest BCUT2D eigenvalue weighted by molar-refractivity contribution is 6.15. The molecule has 138 valence electrons. The first kappa shape index (κ1) is 18.3. The third-order valence-corrected chi connectivity index (χ3v) is 4.29. The van der Waals surface area contributed by atoms with Crippen LogP contribution in [0, 0.1) is 0 Å². The number of fused-ring (bicyclic) bond motifs is 1. The molecule has 0 aliphatic carbocycles. The van der Waals surface area contributed by atoms with E-state index < -0.39 is 5.91 Å². The number of nitrogens with one attached hydrogen (secondary N) is 1. The fourth-order valence-corrected chi connectivity index (χ4v) is 2.90. The van der Waals surface area contributed by atoms with Crippen LogP contribution < -0.4 is 11.6 Å². The lowest BCUT2D eigenvalue weighted by Gasteiger charge is -2.15. The Labute approximate surface area is 156 Å². The number of carbonyl (C=O) groups is 2. The number of aromatic amines is 1. The van der Waals surface area contributed by atoms with Gasteiger partial charge in [0.05, 0.1) is 11.3 Å². The number of likely N-dealkylation sites (N-methyl/N-ethyl adjacent to an activating group) is 1. The number of hydrogen-bond acceptors (Lipinski definition) is 5. The maximum Gasteiger partial charge on any atom is 0.248 e. The zero-order chi connectivity index (χ0) is 19.6. The summed E-state index contributed by atoms with van der Waals surface area (Å²) < 4.78 is 0. The quantitative estimate of drug-likeness (QED) is 0.269. The average molecular weight is 363 g/mol. The number of Topliss-reactive ketones (excluding diaryl/α,β-unsaturated/α-hetero) is 1. The number of amides is 1. The number of primary amides is 1. The number of H-pyrrole nitrogens is 1. The van der Waals surface area contributed by atoms with Gasteiger partial charge < -0.3 is 15.7 Å². The highest BCUT2D eigenvalue weighted by Gasteiger charge is 2.19. The Morgan fingerprint density at radius 2 is 1.93 bits per heavy atom. The molecule has 3 aromatic rings. The predicted octanol–water partition coefficient (Wildman–Crippen LogP) is 2.61. The molecular formula is C20H21N5O2. The molecule has 7 nitrogen and oxygen atoms in total. The summed E-state index contributed by atoms with van der Waals surface area (Å²) in [4.78, 5) is 31.6. The first-order valence-corrected chi connectivity index (χ1v) is 8.53. The summed E-state index contributed by atoms with van der Waals surface area (Å²) in [6.45, 7) is 1.95. The van der Waals surface area contributed by atoms with Crippen LogP contribution in [0.2, 0.25) is 0 Å². The number of ketones is 1. The van der Waals surface area contributed by atoms with E-state index in [1.54, 1.807) is 49.8 Å². The second kappa shape index (κ2) is 7.43. The number of aromatic nitrogens is 2. The van der Waals surface area contributed by atoms with Crippen molar-refractivity contribution in [3.05, 3.63) is 65.6 Å². The van der Waals surface area contributed by atoms with Crippen LogP contribution in [-0.2, 0) is 0 Å². The van der Waals surface area contributed by atoms with E-state index in [0.29, 0.717) is 34.3 Å². The summed E-state index contributed by atoms with van der Waals surface area (Å²) in [6.07, 6.45) is 5.85. The normalized spacial score (nSPS) is 11.6. The van der Waals surface area contributed by atoms with Gasteiger partial charge >= 0.3 is 0 Å². The minimum Gasteiger partial charge on any atom is -0.366 e. The van der Waals surface area contributed by atoms with Crippen LogP contribution in [0.4, 0.5) is 0 Å². The summed E-state index contributed by atoms with van der Waals surface area (Å²) in [5.41, 5.74) is 8.96. The lowest BCUT2D eigenvalue weighted by Crippen LogP contribution is -2.29. The molecule has 1 aromatic carbocycles. The highest BCUT2D eigenvalue weighted by Crippen LogP contribution is 2.26. The van der Waals surface area contributed by atoms with Crippen molar-refractivity contribution in [3.8, 4) is 11.1 Å². The topological polar surface area (TPSA) is 118 Å². The van der Waals surface area contributed by atoms with Crippen molar-refractivity contribution < 1.29 is 9.59 Å². The van der Waals surface area contributed by atoms with Crippen LogP contribution in [0.15, 0.2) is 54.5 Å². The zero-order valence-electron chi connectivity index (χ0n) is 15.2. The number of allylic oxidation sites excluding steroid dienone is 2. The molecule has 0 fully saturated rings. The Morgan fingerprint density at radius 1 is 1.22 bits per heavy atom. The Kier molecular flexibility index (Phi) is 5.05. The van der Waals surface area contributed by atoms with Crippen LogP contribution in [0.1, 0.15) is 34.1 Å². The zero-order valence-corrected chi connectivity index (χ0v) is 15.2. The maximum atomic E-state index is 12.9. The molecule has 1 amide bonds. The second-order valence-corrected chi connectivity index (χ2v) is 6.20. The van der Waals surface area contributed by atoms with E-state index in [9.17, 15) is 9.59 Å². The molecule has 7 heteroatoms. The van der Waals surface area contributed by atoms with Gasteiger partial charge in [0.2, 0.25) is 11.7 Å². The van der Waals surface area contributed by atoms with E-state index in [-0.39, 0.29) is 5.78 Å². The lowest BCUT2D eigenvalue weighted by atomic mass is 10.0. The Balaban J connectivity index is 2.05. The molecule has 0 aliphatic rings. The molecule has 0 saturated heterocycles. The van der Waals surface area contributed by atoms with E-state index in [0.717, 1.165) is 11.1 Å². The standard InChI is InChI=1S/C20H21N5O2/c1-3-4-17(25(2)22)18(26)16-11-24-20-15(16)9-14(10-23-20)12-5-7-13(8-6-12)19(21)27/h4-11H,3,22H2,1-2H3,(H2,21,27)(H,23,24)/b17-4-. The fraction of sp³-hybridized carbons (Fsp3) is 0.150. The summed E-state index contributed by atoms with van der Waals surface area (Å²) in [5, 5.41) is 2.03. The van der Waals surface area contributed by atoms with Crippen LogP contribution in [0.5, 0.6) is 0 Å². The number of hydrogen-bond donors (Lipinski definition) is 3. The van der Waals surface area contributed by atoms with E-state index in [4.69, 9.17) is 11.6 Å². The van der Waals surface area contributed by atoms with Crippen molar-refractivity contribution in [2.24, 2.45) is 11.6 Å². The number of benzene rings is 1. The molecule has 0 atom stereocenters. The molecular weight excluding hydrogens is 342 g/mol. The molecule has 0 unspecified atom stereocenters. The fourth-order valence-electron chi connectivity index (χ4n) is 2.90. The number of pyridine rings is 1. The molecule has 0 saturated carbocycles. The van der Waals surface area contributed by atoms with Crippen molar-refractivity contribution in [1.29, 1.82) is 0 Å². The molecule has 2 heterocycles. The molecule has 2 aromatic heterocycles. The number of nitrogens with zero attached hydrogens (tertiary/aromatic N) is 2. The number of carbonyl (C=O) groups excluding carboxylic acids is 2. The Hall–Kier alpha value is -3.45. The molecule has 0 bridgehead atoms. The smallest absolute Gasteiger partial charge is 0.248 e. The van der Waals surface area contributed by atoms with E-state index >= 15 is 0 Å². The van der Waals surface area contributed by atoms with Crippen molar-refractivity contribution in [2.45, 2.75) is 13.3 Å². The summed E-state index contributed by atoms with van der Waals surface area (Å²) >= 11 is 0. The monoisotopic (exact) mass is 363 g/mol. The Morgan fingerprint density at radius 3 is 2.52 bits per heavy atom. The minimum atomic E-state index is -0.477. The number of rotatable bonds is 6. The predicted molar refractivity (Wildman–Crippen MR) is 105 cm³/mol. The molecule has 0 spiro atoms. The molecule has 3 rings (SSSR count). The molecule has 5 N–H and O–H groups in total. The van der Waals surface area contributed by atoms with Gasteiger partial charge in [0.15, 0.2) is 0 Å². The van der Waals surface area contributed by atoms with Crippen molar-refractivity contribution in [3.63, 3.8) is 0 Å². The molecule has 0 aliphatic heterocycles. The van der Waals surface area contributed by atoms with Crippen molar-refractivity contribution in [1.82, 2.24) is 15.0 Å². The SMILES string of the molecule is CC/C=C(/C(=O)c1c[nH]c2ncc(-c3ccc(C(N)=O)cc3)cc12)N(C)N. The van der Waals surface area contributed by atoms with E-state index in [2.05, 4.69) is 9.97 Å². The lowest BCUT2D eigenvalue weighted by molar-refractivity contribution is 0.0991. The van der Waals surface area contributed by atoms with Gasteiger partial charge in [-0.05, 0) is 30.2 Å². The first-order chi connectivity index (χ1) is 12.9. The second-order valence-electron chi connectivity index (χ2n) is 6.20. The molecule has 27 heavy (non-hydrogen) atoms. The number of hydrazine groups is 1. The van der Waals surface area contributed by atoms with Crippen LogP contribution in [-0.4, -0.2) is 33.7 Å². The summed E-state index contributed by atoms with van der Waals surface area (Å²) in [5.74, 6) is 5.17. The van der Waals surface area contributed by atoms with Gasteiger partial charge in [-0.2, -0.15) is 0 Å². The van der Waals surface area contributed by atoms with Gasteiger partial charge in [-0.3, -0.25) is 9.59 Å². The van der Waals surface area contributed by atoms with Gasteiger partial charge in [-0.1, -0.05) is 25.1 Å². The van der Waals surface area contributed by atoms with Crippen LogP contribution in [0.25, 0.3) is 22.2 Å². The number of nitrogens with two attached hydrogens (primary N) is 2. The molecule has 0 radical (unpaired) electrons. The highest BCUT2D eigenvalue weighted by atomic mass is 16.1. The van der Waals surface area contributed by atoms with Crippen molar-refractivity contribution in [2.75, 3.05) is 7.05 Å². The van der Waals surface area contributed by atoms with Crippen LogP contribution >= 0.6 is 0 Å². The van der Waals surface area contributed by atoms with Crippen LogP contribution in [0.3, 0.4) is 0 Å². The largest absolute Gasteiger partial charge is 0.366 e. The van der Waals surface area contributed by atoms with Gasteiger partial charge in [0.1, 0.15) is 5.65 Å². The third-order valence-electron chi connectivity index (χ3n) is 4.29. The first-order valence-electron chi connectivity index (χ1n) is 8.53. The summed E-state index contributed by atoms with van der Waals surface area (Å²) in [7, 11) is 1.64. The van der Waals surface area contributed by atoms with E-state index in [1.807, 2.05) is 13.0 Å². The minimum absolute atomic E-state index is 0.170. The maximum absolute atomic E-state index is 12.9. The van der Waals surface area contributed by atoms with E-state index in [1.165, 1.54) is 5.01 Å². The van der Waals surface area contributed by atoms with Gasteiger partial charge in [0.25, 0.3) is 0 Å². The average Bonchev–Trinajstić information content (AvgIpc) is 3.08. The Bertz CT molecular complexity index is 1030. The van der Waals surface area contributed by atoms with Gasteiger partial charge in [0, 0.05) is 36.0 Å². The third kappa shape index (κ3) is 3.58. The van der Waals surface area contributed by atoms with Gasteiger partial charge in [-0.15, -0.1) is 0 Å².